The highest BCUT2D eigenvalue weighted by Gasteiger charge is 2.33. The Morgan fingerprint density at radius 2 is 2.00 bits per heavy atom. The maximum absolute atomic E-state index is 10.6. The van der Waals surface area contributed by atoms with Gasteiger partial charge in [-0.3, -0.25) is 4.79 Å². The largest absolute Gasteiger partial charge is 0.481 e. The van der Waals surface area contributed by atoms with Crippen LogP contribution < -0.4 is 5.32 Å². The third kappa shape index (κ3) is 2.88. The summed E-state index contributed by atoms with van der Waals surface area (Å²) in [4.78, 5) is 12.6. The number of hydrogen-bond donors (Lipinski definition) is 2. The molecule has 0 amide bonds. The summed E-state index contributed by atoms with van der Waals surface area (Å²) in [7, 11) is 0. The van der Waals surface area contributed by atoms with Crippen molar-refractivity contribution < 1.29 is 9.90 Å². The van der Waals surface area contributed by atoms with Gasteiger partial charge in [-0.25, -0.2) is 0 Å². The zero-order chi connectivity index (χ0) is 11.6. The van der Waals surface area contributed by atoms with Crippen molar-refractivity contribution in [3.8, 4) is 0 Å². The Hall–Kier alpha value is -1.19. The van der Waals surface area contributed by atoms with Gasteiger partial charge in [0.05, 0.1) is 11.7 Å². The van der Waals surface area contributed by atoms with Crippen LogP contribution in [0, 0.1) is 11.8 Å². The lowest BCUT2D eigenvalue weighted by atomic mass is 10.0. The van der Waals surface area contributed by atoms with Crippen LogP contribution in [0.25, 0.3) is 0 Å². The van der Waals surface area contributed by atoms with Crippen molar-refractivity contribution in [1.29, 1.82) is 0 Å². The van der Waals surface area contributed by atoms with Crippen molar-refractivity contribution in [2.24, 2.45) is 11.8 Å². The van der Waals surface area contributed by atoms with E-state index in [0.29, 0.717) is 25.0 Å². The number of carbonyl (C=O) groups is 1. The highest BCUT2D eigenvalue weighted by molar-refractivity contribution is 5.71. The standard InChI is InChI=1S/C11H20N2O2/c1-7(2)8(3)12-9(4)13-5-10(6-13)11(14)15/h7-8,10,12H,4-6H2,1-3H3,(H,14,15)/t8-/m1/s1. The monoisotopic (exact) mass is 212 g/mol. The maximum Gasteiger partial charge on any atom is 0.310 e. The van der Waals surface area contributed by atoms with E-state index >= 15 is 0 Å². The molecule has 0 radical (unpaired) electrons. The van der Waals surface area contributed by atoms with Crippen molar-refractivity contribution >= 4 is 5.97 Å². The number of rotatable bonds is 5. The van der Waals surface area contributed by atoms with Crippen molar-refractivity contribution in [2.45, 2.75) is 26.8 Å². The van der Waals surface area contributed by atoms with Gasteiger partial charge in [0.15, 0.2) is 0 Å². The molecule has 0 saturated carbocycles. The first-order valence-corrected chi connectivity index (χ1v) is 5.35. The van der Waals surface area contributed by atoms with Gasteiger partial charge in [-0.15, -0.1) is 0 Å². The molecule has 1 aliphatic heterocycles. The minimum absolute atomic E-state index is 0.224. The van der Waals surface area contributed by atoms with E-state index in [4.69, 9.17) is 5.11 Å². The van der Waals surface area contributed by atoms with Gasteiger partial charge < -0.3 is 15.3 Å². The molecule has 15 heavy (non-hydrogen) atoms. The Balaban J connectivity index is 2.29. The summed E-state index contributed by atoms with van der Waals surface area (Å²) in [6.45, 7) is 11.4. The summed E-state index contributed by atoms with van der Waals surface area (Å²) in [5.41, 5.74) is 0. The molecule has 0 aromatic heterocycles. The van der Waals surface area contributed by atoms with E-state index in [1.165, 1.54) is 0 Å². The lowest BCUT2D eigenvalue weighted by Crippen LogP contribution is -2.53. The quantitative estimate of drug-likeness (QED) is 0.716. The third-order valence-corrected chi connectivity index (χ3v) is 3.01. The molecular weight excluding hydrogens is 192 g/mol. The molecule has 1 heterocycles. The molecule has 0 bridgehead atoms. The predicted octanol–water partition coefficient (Wildman–Crippen LogP) is 1.11. The molecule has 1 saturated heterocycles. The summed E-state index contributed by atoms with van der Waals surface area (Å²) in [5.74, 6) is 0.445. The average Bonchev–Trinajstić information content (AvgIpc) is 1.99. The van der Waals surface area contributed by atoms with E-state index in [1.54, 1.807) is 0 Å². The molecular formula is C11H20N2O2. The van der Waals surface area contributed by atoms with E-state index < -0.39 is 5.97 Å². The minimum atomic E-state index is -0.712. The normalized spacial score (nSPS) is 18.5. The van der Waals surface area contributed by atoms with Crippen LogP contribution in [0.2, 0.25) is 0 Å². The Morgan fingerprint density at radius 3 is 2.40 bits per heavy atom. The fourth-order valence-electron chi connectivity index (χ4n) is 1.38. The molecule has 0 aliphatic carbocycles. The molecule has 1 atom stereocenters. The van der Waals surface area contributed by atoms with Crippen molar-refractivity contribution in [3.05, 3.63) is 12.4 Å². The fourth-order valence-corrected chi connectivity index (χ4v) is 1.38. The van der Waals surface area contributed by atoms with Gasteiger partial charge in [0, 0.05) is 19.1 Å². The second-order valence-electron chi connectivity index (χ2n) is 4.56. The molecule has 0 spiro atoms. The SMILES string of the molecule is C=C(N[C@H](C)C(C)C)N1CC(C(=O)O)C1. The van der Waals surface area contributed by atoms with Crippen LogP contribution in [0.5, 0.6) is 0 Å². The molecule has 1 fully saturated rings. The first-order chi connectivity index (χ1) is 6.91. The van der Waals surface area contributed by atoms with Gasteiger partial charge in [-0.1, -0.05) is 20.4 Å². The predicted molar refractivity (Wildman–Crippen MR) is 59.3 cm³/mol. The van der Waals surface area contributed by atoms with Gasteiger partial charge >= 0.3 is 5.97 Å². The van der Waals surface area contributed by atoms with Crippen LogP contribution in [-0.4, -0.2) is 35.1 Å². The number of carboxylic acids is 1. The Morgan fingerprint density at radius 1 is 1.47 bits per heavy atom. The highest BCUT2D eigenvalue weighted by atomic mass is 16.4. The van der Waals surface area contributed by atoms with Crippen molar-refractivity contribution in [2.75, 3.05) is 13.1 Å². The maximum atomic E-state index is 10.6. The number of nitrogens with zero attached hydrogens (tertiary/aromatic N) is 1. The van der Waals surface area contributed by atoms with E-state index in [1.807, 2.05) is 4.90 Å². The number of carboxylic acid groups (broad SMARTS) is 1. The summed E-state index contributed by atoms with van der Waals surface area (Å²) in [6, 6.07) is 0.362. The van der Waals surface area contributed by atoms with Crippen LogP contribution in [0.4, 0.5) is 0 Å². The molecule has 0 aromatic rings. The lowest BCUT2D eigenvalue weighted by Gasteiger charge is -2.41. The molecule has 1 aliphatic rings. The molecule has 86 valence electrons. The minimum Gasteiger partial charge on any atom is -0.481 e. The molecule has 4 nitrogen and oxygen atoms in total. The first-order valence-electron chi connectivity index (χ1n) is 5.35. The zero-order valence-electron chi connectivity index (χ0n) is 9.66. The van der Waals surface area contributed by atoms with Gasteiger partial charge in [0.1, 0.15) is 0 Å². The molecule has 0 aromatic carbocycles. The van der Waals surface area contributed by atoms with Crippen LogP contribution >= 0.6 is 0 Å². The van der Waals surface area contributed by atoms with Gasteiger partial charge in [-0.2, -0.15) is 0 Å². The van der Waals surface area contributed by atoms with E-state index in [9.17, 15) is 4.79 Å². The van der Waals surface area contributed by atoms with Crippen LogP contribution in [-0.2, 0) is 4.79 Å². The van der Waals surface area contributed by atoms with Gasteiger partial charge in [-0.05, 0) is 12.8 Å². The number of hydrogen-bond acceptors (Lipinski definition) is 3. The molecule has 1 rings (SSSR count). The number of aliphatic carboxylic acids is 1. The second kappa shape index (κ2) is 4.55. The molecule has 0 unspecified atom stereocenters. The first kappa shape index (κ1) is 11.9. The van der Waals surface area contributed by atoms with Gasteiger partial charge in [0.2, 0.25) is 0 Å². The van der Waals surface area contributed by atoms with E-state index in [2.05, 4.69) is 32.7 Å². The number of nitrogens with one attached hydrogen (secondary N) is 1. The summed E-state index contributed by atoms with van der Waals surface area (Å²) in [6.07, 6.45) is 0. The van der Waals surface area contributed by atoms with E-state index in [0.717, 1.165) is 5.82 Å². The van der Waals surface area contributed by atoms with E-state index in [-0.39, 0.29) is 5.92 Å². The van der Waals surface area contributed by atoms with Gasteiger partial charge in [0.25, 0.3) is 0 Å². The third-order valence-electron chi connectivity index (χ3n) is 3.01. The summed E-state index contributed by atoms with van der Waals surface area (Å²) >= 11 is 0. The molecule has 4 heteroatoms. The van der Waals surface area contributed by atoms with Crippen LogP contribution in [0.3, 0.4) is 0 Å². The van der Waals surface area contributed by atoms with Crippen molar-refractivity contribution in [1.82, 2.24) is 10.2 Å². The Labute approximate surface area is 91.0 Å². The average molecular weight is 212 g/mol. The lowest BCUT2D eigenvalue weighted by molar-refractivity contribution is -0.146. The van der Waals surface area contributed by atoms with Crippen LogP contribution in [0.1, 0.15) is 20.8 Å². The summed E-state index contributed by atoms with van der Waals surface area (Å²) < 4.78 is 0. The zero-order valence-corrected chi connectivity index (χ0v) is 9.66. The topological polar surface area (TPSA) is 52.6 Å². The molecule has 2 N–H and O–H groups in total. The van der Waals surface area contributed by atoms with Crippen molar-refractivity contribution in [3.63, 3.8) is 0 Å². The second-order valence-corrected chi connectivity index (χ2v) is 4.56. The van der Waals surface area contributed by atoms with Crippen LogP contribution in [0.15, 0.2) is 12.4 Å². The number of likely N-dealkylation sites (tertiary alicyclic amines) is 1. The summed E-state index contributed by atoms with van der Waals surface area (Å²) in [5, 5.41) is 12.0. The fraction of sp³-hybridized carbons (Fsp3) is 0.727. The highest BCUT2D eigenvalue weighted by Crippen LogP contribution is 2.19. The Bertz CT molecular complexity index is 257. The smallest absolute Gasteiger partial charge is 0.310 e. The Kier molecular flexibility index (Phi) is 3.61.